The maximum Gasteiger partial charge on any atom is 0.418 e. The van der Waals surface area contributed by atoms with Gasteiger partial charge in [0.15, 0.2) is 0 Å². The predicted molar refractivity (Wildman–Crippen MR) is 72.8 cm³/mol. The number of nitrogens with zero attached hydrogens (tertiary/aromatic N) is 2. The second-order valence-corrected chi connectivity index (χ2v) is 4.53. The fraction of sp³-hybridized carbons (Fsp3) is 0.500. The molecule has 0 saturated carbocycles. The van der Waals surface area contributed by atoms with Gasteiger partial charge in [-0.05, 0) is 6.42 Å². The molecule has 122 valence electrons. The fourth-order valence-corrected chi connectivity index (χ4v) is 1.86. The van der Waals surface area contributed by atoms with Gasteiger partial charge < -0.3 is 5.32 Å². The molecule has 0 atom stereocenters. The summed E-state index contributed by atoms with van der Waals surface area (Å²) in [6.07, 6.45) is -2.84. The minimum Gasteiger partial charge on any atom is -0.379 e. The molecule has 0 amide bonds. The Kier molecular flexibility index (Phi) is 5.66. The number of unbranched alkanes of at least 4 members (excludes halogenated alkanes) is 2. The molecular formula is C12H14F3N3O4. The zero-order chi connectivity index (χ0) is 16.9. The van der Waals surface area contributed by atoms with E-state index in [1.165, 1.54) is 0 Å². The molecule has 0 radical (unpaired) electrons. The topological polar surface area (TPSA) is 98.3 Å². The van der Waals surface area contributed by atoms with E-state index in [1.807, 2.05) is 6.92 Å². The second kappa shape index (κ2) is 7.05. The molecule has 0 aliphatic heterocycles. The Balaban J connectivity index is 3.35. The Morgan fingerprint density at radius 1 is 1.14 bits per heavy atom. The van der Waals surface area contributed by atoms with E-state index in [2.05, 4.69) is 5.32 Å². The van der Waals surface area contributed by atoms with Gasteiger partial charge in [-0.1, -0.05) is 19.8 Å². The first kappa shape index (κ1) is 17.7. The average Bonchev–Trinajstić information content (AvgIpc) is 2.41. The summed E-state index contributed by atoms with van der Waals surface area (Å²) in [5.41, 5.74) is -4.08. The highest BCUT2D eigenvalue weighted by molar-refractivity contribution is 5.71. The molecule has 0 bridgehead atoms. The van der Waals surface area contributed by atoms with Crippen LogP contribution in [0.1, 0.15) is 31.7 Å². The third-order valence-corrected chi connectivity index (χ3v) is 2.90. The molecule has 1 rings (SSSR count). The van der Waals surface area contributed by atoms with Gasteiger partial charge in [0.25, 0.3) is 11.4 Å². The number of nitro groups is 2. The van der Waals surface area contributed by atoms with E-state index in [1.54, 1.807) is 0 Å². The SMILES string of the molecule is CCCCCNc1c([N+](=O)[O-])cc([N+](=O)[O-])cc1C(F)(F)F. The van der Waals surface area contributed by atoms with Crippen LogP contribution in [0, 0.1) is 20.2 Å². The number of nitro benzene ring substituents is 2. The lowest BCUT2D eigenvalue weighted by atomic mass is 10.1. The quantitative estimate of drug-likeness (QED) is 0.462. The van der Waals surface area contributed by atoms with Gasteiger partial charge in [-0.25, -0.2) is 0 Å². The van der Waals surface area contributed by atoms with E-state index >= 15 is 0 Å². The molecular weight excluding hydrogens is 307 g/mol. The Hall–Kier alpha value is -2.39. The van der Waals surface area contributed by atoms with Gasteiger partial charge in [0.2, 0.25) is 0 Å². The van der Waals surface area contributed by atoms with Crippen molar-refractivity contribution in [1.29, 1.82) is 0 Å². The molecule has 1 aromatic rings. The number of nitrogens with one attached hydrogen (secondary N) is 1. The Labute approximate surface area is 123 Å². The maximum absolute atomic E-state index is 13.0. The predicted octanol–water partition coefficient (Wildman–Crippen LogP) is 4.12. The highest BCUT2D eigenvalue weighted by Crippen LogP contribution is 2.42. The summed E-state index contributed by atoms with van der Waals surface area (Å²) in [5.74, 6) is 0. The van der Waals surface area contributed by atoms with Gasteiger partial charge >= 0.3 is 6.18 Å². The van der Waals surface area contributed by atoms with Crippen molar-refractivity contribution in [3.8, 4) is 0 Å². The van der Waals surface area contributed by atoms with Crippen molar-refractivity contribution < 1.29 is 23.0 Å². The van der Waals surface area contributed by atoms with Crippen LogP contribution in [0.25, 0.3) is 0 Å². The van der Waals surface area contributed by atoms with Crippen LogP contribution in [-0.4, -0.2) is 16.4 Å². The van der Waals surface area contributed by atoms with E-state index in [0.29, 0.717) is 18.6 Å². The highest BCUT2D eigenvalue weighted by atomic mass is 19.4. The first-order valence-electron chi connectivity index (χ1n) is 6.46. The number of benzene rings is 1. The van der Waals surface area contributed by atoms with E-state index in [0.717, 1.165) is 12.8 Å². The first-order valence-corrected chi connectivity index (χ1v) is 6.46. The molecule has 0 saturated heterocycles. The van der Waals surface area contributed by atoms with E-state index in [-0.39, 0.29) is 6.54 Å². The summed E-state index contributed by atoms with van der Waals surface area (Å²) >= 11 is 0. The van der Waals surface area contributed by atoms with Crippen LogP contribution < -0.4 is 5.32 Å². The normalized spacial score (nSPS) is 11.3. The number of non-ortho nitro benzene ring substituents is 1. The van der Waals surface area contributed by atoms with Gasteiger partial charge in [0.1, 0.15) is 5.69 Å². The molecule has 1 N–H and O–H groups in total. The van der Waals surface area contributed by atoms with Crippen molar-refractivity contribution >= 4 is 17.1 Å². The van der Waals surface area contributed by atoms with Gasteiger partial charge in [0.05, 0.1) is 21.5 Å². The summed E-state index contributed by atoms with van der Waals surface area (Å²) in [7, 11) is 0. The molecule has 0 aromatic heterocycles. The molecule has 7 nitrogen and oxygen atoms in total. The molecule has 1 aromatic carbocycles. The Morgan fingerprint density at radius 3 is 2.23 bits per heavy atom. The molecule has 0 heterocycles. The third-order valence-electron chi connectivity index (χ3n) is 2.90. The van der Waals surface area contributed by atoms with Crippen molar-refractivity contribution in [2.75, 3.05) is 11.9 Å². The summed E-state index contributed by atoms with van der Waals surface area (Å²) in [6, 6.07) is 0.826. The lowest BCUT2D eigenvalue weighted by Gasteiger charge is -2.14. The lowest BCUT2D eigenvalue weighted by Crippen LogP contribution is -2.14. The van der Waals surface area contributed by atoms with Crippen LogP contribution in [0.3, 0.4) is 0 Å². The first-order chi connectivity index (χ1) is 10.2. The van der Waals surface area contributed by atoms with Crippen molar-refractivity contribution in [2.24, 2.45) is 0 Å². The monoisotopic (exact) mass is 321 g/mol. The standard InChI is InChI=1S/C12H14F3N3O4/c1-2-3-4-5-16-11-9(12(13,14)15)6-8(17(19)20)7-10(11)18(21)22/h6-7,16H,2-5H2,1H3. The largest absolute Gasteiger partial charge is 0.418 e. The molecule has 0 aliphatic rings. The van der Waals surface area contributed by atoms with Crippen LogP contribution >= 0.6 is 0 Å². The van der Waals surface area contributed by atoms with Gasteiger partial charge in [0, 0.05) is 12.6 Å². The van der Waals surface area contributed by atoms with Crippen LogP contribution in [0.4, 0.5) is 30.2 Å². The van der Waals surface area contributed by atoms with Crippen molar-refractivity contribution in [2.45, 2.75) is 32.4 Å². The summed E-state index contributed by atoms with van der Waals surface area (Å²) in [4.78, 5) is 19.4. The fourth-order valence-electron chi connectivity index (χ4n) is 1.86. The lowest BCUT2D eigenvalue weighted by molar-refractivity contribution is -0.394. The zero-order valence-corrected chi connectivity index (χ0v) is 11.6. The van der Waals surface area contributed by atoms with Gasteiger partial charge in [-0.2, -0.15) is 13.2 Å². The molecule has 10 heteroatoms. The minimum atomic E-state index is -4.94. The van der Waals surface area contributed by atoms with Crippen LogP contribution in [-0.2, 0) is 6.18 Å². The van der Waals surface area contributed by atoms with Crippen molar-refractivity contribution in [3.05, 3.63) is 37.9 Å². The van der Waals surface area contributed by atoms with Crippen molar-refractivity contribution in [3.63, 3.8) is 0 Å². The highest BCUT2D eigenvalue weighted by Gasteiger charge is 2.39. The number of hydrogen-bond acceptors (Lipinski definition) is 5. The summed E-state index contributed by atoms with van der Waals surface area (Å²) in [6.45, 7) is 2.01. The van der Waals surface area contributed by atoms with E-state index < -0.39 is 38.6 Å². The maximum atomic E-state index is 13.0. The number of halogens is 3. The van der Waals surface area contributed by atoms with E-state index in [4.69, 9.17) is 0 Å². The number of rotatable bonds is 7. The van der Waals surface area contributed by atoms with Gasteiger partial charge in [-0.15, -0.1) is 0 Å². The van der Waals surface area contributed by atoms with E-state index in [9.17, 15) is 33.4 Å². The minimum absolute atomic E-state index is 0.107. The zero-order valence-electron chi connectivity index (χ0n) is 11.6. The third kappa shape index (κ3) is 4.30. The number of alkyl halides is 3. The number of anilines is 1. The molecule has 0 unspecified atom stereocenters. The molecule has 0 aliphatic carbocycles. The molecule has 22 heavy (non-hydrogen) atoms. The summed E-state index contributed by atoms with van der Waals surface area (Å²) in [5, 5.41) is 24.0. The smallest absolute Gasteiger partial charge is 0.379 e. The Bertz CT molecular complexity index is 575. The van der Waals surface area contributed by atoms with Crippen LogP contribution in [0.15, 0.2) is 12.1 Å². The molecule has 0 spiro atoms. The van der Waals surface area contributed by atoms with Crippen molar-refractivity contribution in [1.82, 2.24) is 0 Å². The summed E-state index contributed by atoms with van der Waals surface area (Å²) < 4.78 is 39.1. The molecule has 0 fully saturated rings. The second-order valence-electron chi connectivity index (χ2n) is 4.53. The van der Waals surface area contributed by atoms with Crippen LogP contribution in [0.5, 0.6) is 0 Å². The number of hydrogen-bond donors (Lipinski definition) is 1. The van der Waals surface area contributed by atoms with Crippen LogP contribution in [0.2, 0.25) is 0 Å². The average molecular weight is 321 g/mol. The Morgan fingerprint density at radius 2 is 1.77 bits per heavy atom. The van der Waals surface area contributed by atoms with Gasteiger partial charge in [-0.3, -0.25) is 20.2 Å².